The van der Waals surface area contributed by atoms with Gasteiger partial charge in [0.2, 0.25) is 0 Å². The van der Waals surface area contributed by atoms with Crippen LogP contribution in [0.4, 0.5) is 0 Å². The molecule has 0 saturated heterocycles. The van der Waals surface area contributed by atoms with Gasteiger partial charge >= 0.3 is 0 Å². The van der Waals surface area contributed by atoms with Crippen LogP contribution in [0.2, 0.25) is 0 Å². The predicted octanol–water partition coefficient (Wildman–Crippen LogP) is 1.16. The minimum atomic E-state index is -0.353. The quantitative estimate of drug-likeness (QED) is 0.474. The Kier molecular flexibility index (Phi) is 5.16. The Morgan fingerprint density at radius 2 is 2.20 bits per heavy atom. The molecule has 106 valence electrons. The highest BCUT2D eigenvalue weighted by Gasteiger charge is 2.12. The zero-order valence-corrected chi connectivity index (χ0v) is 12.1. The van der Waals surface area contributed by atoms with Gasteiger partial charge in [-0.05, 0) is 18.7 Å². The van der Waals surface area contributed by atoms with E-state index in [-0.39, 0.29) is 5.91 Å². The fourth-order valence-electron chi connectivity index (χ4n) is 1.77. The zero-order valence-electron chi connectivity index (χ0n) is 11.2. The maximum atomic E-state index is 11.4. The Bertz CT molecular complexity index is 557. The summed E-state index contributed by atoms with van der Waals surface area (Å²) in [4.78, 5) is 22.2. The molecule has 0 aliphatic heterocycles. The summed E-state index contributed by atoms with van der Waals surface area (Å²) in [6.45, 7) is 4.41. The summed E-state index contributed by atoms with van der Waals surface area (Å²) < 4.78 is 0. The van der Waals surface area contributed by atoms with Crippen LogP contribution in [0.15, 0.2) is 29.8 Å². The minimum absolute atomic E-state index is 0.353. The number of aromatic nitrogens is 2. The van der Waals surface area contributed by atoms with E-state index in [1.54, 1.807) is 6.20 Å². The second kappa shape index (κ2) is 7.09. The van der Waals surface area contributed by atoms with Crippen LogP contribution in [0.3, 0.4) is 0 Å². The summed E-state index contributed by atoms with van der Waals surface area (Å²) in [6.07, 6.45) is 1.79. The second-order valence-corrected chi connectivity index (χ2v) is 5.10. The van der Waals surface area contributed by atoms with Gasteiger partial charge in [0.25, 0.3) is 5.91 Å². The molecule has 0 aliphatic carbocycles. The molecule has 0 atom stereocenters. The standard InChI is InChI=1S/C13H17N5OS/c1-2-18(7-10-5-3-4-6-15-10)8-11-9-20-13(16-11)12(19)17-14/h3-6,9H,2,7-8,14H2,1H3,(H,17,19). The minimum Gasteiger partial charge on any atom is -0.292 e. The van der Waals surface area contributed by atoms with Crippen molar-refractivity contribution < 1.29 is 4.79 Å². The number of amides is 1. The topological polar surface area (TPSA) is 84.1 Å². The number of nitrogens with two attached hydrogens (primary N) is 1. The number of carbonyl (C=O) groups is 1. The zero-order chi connectivity index (χ0) is 14.4. The molecule has 0 unspecified atom stereocenters. The monoisotopic (exact) mass is 291 g/mol. The molecular formula is C13H17N5OS. The average Bonchev–Trinajstić information content (AvgIpc) is 2.95. The second-order valence-electron chi connectivity index (χ2n) is 4.24. The van der Waals surface area contributed by atoms with Gasteiger partial charge in [0.1, 0.15) is 0 Å². The number of nitrogens with one attached hydrogen (secondary N) is 1. The lowest BCUT2D eigenvalue weighted by Gasteiger charge is -2.18. The fraction of sp³-hybridized carbons (Fsp3) is 0.308. The third-order valence-corrected chi connectivity index (χ3v) is 3.71. The number of hydrazine groups is 1. The lowest BCUT2D eigenvalue weighted by atomic mass is 10.3. The molecule has 0 spiro atoms. The lowest BCUT2D eigenvalue weighted by molar-refractivity contribution is 0.0953. The molecular weight excluding hydrogens is 274 g/mol. The molecule has 0 aromatic carbocycles. The van der Waals surface area contributed by atoms with E-state index >= 15 is 0 Å². The molecule has 2 rings (SSSR count). The first-order valence-corrected chi connectivity index (χ1v) is 7.18. The maximum absolute atomic E-state index is 11.4. The van der Waals surface area contributed by atoms with E-state index in [0.717, 1.165) is 24.5 Å². The summed E-state index contributed by atoms with van der Waals surface area (Å²) in [5, 5.41) is 2.27. The first kappa shape index (κ1) is 14.6. The number of nitrogens with zero attached hydrogens (tertiary/aromatic N) is 3. The summed E-state index contributed by atoms with van der Waals surface area (Å²) in [6, 6.07) is 5.87. The van der Waals surface area contributed by atoms with E-state index in [1.807, 2.05) is 23.6 Å². The van der Waals surface area contributed by atoms with Gasteiger partial charge < -0.3 is 0 Å². The van der Waals surface area contributed by atoms with Crippen molar-refractivity contribution in [2.45, 2.75) is 20.0 Å². The van der Waals surface area contributed by atoms with Crippen molar-refractivity contribution in [3.63, 3.8) is 0 Å². The molecule has 2 heterocycles. The Morgan fingerprint density at radius 1 is 1.40 bits per heavy atom. The molecule has 0 radical (unpaired) electrons. The Balaban J connectivity index is 1.99. The number of hydrogen-bond donors (Lipinski definition) is 2. The first-order chi connectivity index (χ1) is 9.72. The SMILES string of the molecule is CCN(Cc1ccccn1)Cc1csc(C(=O)NN)n1. The summed E-state index contributed by atoms with van der Waals surface area (Å²) in [7, 11) is 0. The van der Waals surface area contributed by atoms with Crippen molar-refractivity contribution >= 4 is 17.2 Å². The molecule has 3 N–H and O–H groups in total. The molecule has 0 aliphatic rings. The van der Waals surface area contributed by atoms with Crippen molar-refractivity contribution in [1.29, 1.82) is 0 Å². The van der Waals surface area contributed by atoms with Gasteiger partial charge in [-0.15, -0.1) is 11.3 Å². The van der Waals surface area contributed by atoms with Crippen molar-refractivity contribution in [3.8, 4) is 0 Å². The van der Waals surface area contributed by atoms with Crippen LogP contribution >= 0.6 is 11.3 Å². The predicted molar refractivity (Wildman–Crippen MR) is 77.8 cm³/mol. The number of carbonyl (C=O) groups excluding carboxylic acids is 1. The highest BCUT2D eigenvalue weighted by atomic mass is 32.1. The average molecular weight is 291 g/mol. The van der Waals surface area contributed by atoms with Gasteiger partial charge in [-0.1, -0.05) is 13.0 Å². The highest BCUT2D eigenvalue weighted by Crippen LogP contribution is 2.13. The number of thiazole rings is 1. The smallest absolute Gasteiger partial charge is 0.292 e. The van der Waals surface area contributed by atoms with Gasteiger partial charge in [-0.3, -0.25) is 20.1 Å². The molecule has 0 saturated carbocycles. The molecule has 0 bridgehead atoms. The van der Waals surface area contributed by atoms with Crippen LogP contribution in [0.1, 0.15) is 28.1 Å². The molecule has 2 aromatic heterocycles. The van der Waals surface area contributed by atoms with Crippen LogP contribution < -0.4 is 11.3 Å². The van der Waals surface area contributed by atoms with Gasteiger partial charge in [0, 0.05) is 24.7 Å². The first-order valence-electron chi connectivity index (χ1n) is 6.30. The molecule has 0 fully saturated rings. The largest absolute Gasteiger partial charge is 0.294 e. The Morgan fingerprint density at radius 3 is 2.85 bits per heavy atom. The number of hydrogen-bond acceptors (Lipinski definition) is 6. The van der Waals surface area contributed by atoms with E-state index in [9.17, 15) is 4.79 Å². The number of nitrogen functional groups attached to an aromatic ring is 1. The number of pyridine rings is 1. The lowest BCUT2D eigenvalue weighted by Crippen LogP contribution is -2.30. The molecule has 7 heteroatoms. The summed E-state index contributed by atoms with van der Waals surface area (Å²) in [5.41, 5.74) is 3.97. The van der Waals surface area contributed by atoms with Crippen molar-refractivity contribution in [2.75, 3.05) is 6.54 Å². The van der Waals surface area contributed by atoms with Crippen LogP contribution in [-0.2, 0) is 13.1 Å². The van der Waals surface area contributed by atoms with E-state index in [4.69, 9.17) is 5.84 Å². The molecule has 1 amide bonds. The molecule has 6 nitrogen and oxygen atoms in total. The van der Waals surface area contributed by atoms with Crippen LogP contribution in [0.25, 0.3) is 0 Å². The summed E-state index contributed by atoms with van der Waals surface area (Å²) >= 11 is 1.30. The van der Waals surface area contributed by atoms with E-state index in [0.29, 0.717) is 11.6 Å². The number of rotatable bonds is 6. The van der Waals surface area contributed by atoms with E-state index in [1.165, 1.54) is 11.3 Å². The Hall–Kier alpha value is -1.83. The Labute approximate surface area is 121 Å². The fourth-order valence-corrected chi connectivity index (χ4v) is 2.49. The van der Waals surface area contributed by atoms with Crippen molar-refractivity contribution in [1.82, 2.24) is 20.3 Å². The van der Waals surface area contributed by atoms with Crippen LogP contribution in [0.5, 0.6) is 0 Å². The van der Waals surface area contributed by atoms with Crippen LogP contribution in [-0.4, -0.2) is 27.3 Å². The van der Waals surface area contributed by atoms with Crippen molar-refractivity contribution in [3.05, 3.63) is 46.2 Å². The van der Waals surface area contributed by atoms with Crippen LogP contribution in [0, 0.1) is 0 Å². The molecule has 2 aromatic rings. The van der Waals surface area contributed by atoms with E-state index < -0.39 is 0 Å². The van der Waals surface area contributed by atoms with Gasteiger partial charge in [0.15, 0.2) is 5.01 Å². The normalized spacial score (nSPS) is 10.8. The highest BCUT2D eigenvalue weighted by molar-refractivity contribution is 7.11. The third kappa shape index (κ3) is 3.83. The van der Waals surface area contributed by atoms with Gasteiger partial charge in [0.05, 0.1) is 11.4 Å². The summed E-state index contributed by atoms with van der Waals surface area (Å²) in [5.74, 6) is 4.74. The molecule has 20 heavy (non-hydrogen) atoms. The van der Waals surface area contributed by atoms with E-state index in [2.05, 4.69) is 27.2 Å². The maximum Gasteiger partial charge on any atom is 0.294 e. The van der Waals surface area contributed by atoms with Gasteiger partial charge in [-0.25, -0.2) is 10.8 Å². The van der Waals surface area contributed by atoms with Gasteiger partial charge in [-0.2, -0.15) is 0 Å². The van der Waals surface area contributed by atoms with Crippen molar-refractivity contribution in [2.24, 2.45) is 5.84 Å². The third-order valence-electron chi connectivity index (χ3n) is 2.82.